The molecule has 0 aliphatic rings. The number of amides is 1. The SMILES string of the molecule is CCN(CC)CCC(=O)Nc1ccc(C)cc1Br. The summed E-state index contributed by atoms with van der Waals surface area (Å²) in [6.45, 7) is 9.02. The third-order valence-corrected chi connectivity index (χ3v) is 3.60. The molecule has 18 heavy (non-hydrogen) atoms. The Labute approximate surface area is 118 Å². The quantitative estimate of drug-likeness (QED) is 0.873. The van der Waals surface area contributed by atoms with Crippen LogP contribution in [0.5, 0.6) is 0 Å². The van der Waals surface area contributed by atoms with Crippen molar-refractivity contribution in [1.29, 1.82) is 0 Å². The largest absolute Gasteiger partial charge is 0.325 e. The van der Waals surface area contributed by atoms with Gasteiger partial charge in [-0.05, 0) is 53.6 Å². The summed E-state index contributed by atoms with van der Waals surface area (Å²) in [5.41, 5.74) is 2.01. The van der Waals surface area contributed by atoms with E-state index in [1.165, 1.54) is 5.56 Å². The topological polar surface area (TPSA) is 32.3 Å². The fraction of sp³-hybridized carbons (Fsp3) is 0.500. The third-order valence-electron chi connectivity index (χ3n) is 2.95. The number of hydrogen-bond acceptors (Lipinski definition) is 2. The Hall–Kier alpha value is -0.870. The zero-order valence-electron chi connectivity index (χ0n) is 11.3. The highest BCUT2D eigenvalue weighted by atomic mass is 79.9. The van der Waals surface area contributed by atoms with E-state index in [0.29, 0.717) is 6.42 Å². The first-order chi connectivity index (χ1) is 8.56. The fourth-order valence-electron chi connectivity index (χ4n) is 1.73. The summed E-state index contributed by atoms with van der Waals surface area (Å²) in [6, 6.07) is 5.92. The van der Waals surface area contributed by atoms with E-state index in [9.17, 15) is 4.79 Å². The molecule has 0 saturated heterocycles. The monoisotopic (exact) mass is 312 g/mol. The van der Waals surface area contributed by atoms with E-state index in [2.05, 4.69) is 40.0 Å². The molecule has 1 amide bonds. The molecular weight excluding hydrogens is 292 g/mol. The van der Waals surface area contributed by atoms with Gasteiger partial charge in [-0.1, -0.05) is 19.9 Å². The van der Waals surface area contributed by atoms with Crippen molar-refractivity contribution >= 4 is 27.5 Å². The predicted molar refractivity (Wildman–Crippen MR) is 79.9 cm³/mol. The molecule has 3 nitrogen and oxygen atoms in total. The maximum absolute atomic E-state index is 11.8. The number of hydrogen-bond donors (Lipinski definition) is 1. The summed E-state index contributed by atoms with van der Waals surface area (Å²) in [4.78, 5) is 14.1. The molecule has 0 aromatic heterocycles. The summed E-state index contributed by atoms with van der Waals surface area (Å²) in [7, 11) is 0. The van der Waals surface area contributed by atoms with Gasteiger partial charge in [0, 0.05) is 17.4 Å². The predicted octanol–water partition coefficient (Wildman–Crippen LogP) is 3.43. The van der Waals surface area contributed by atoms with E-state index in [-0.39, 0.29) is 5.91 Å². The lowest BCUT2D eigenvalue weighted by Crippen LogP contribution is -2.27. The zero-order chi connectivity index (χ0) is 13.5. The molecule has 1 aromatic rings. The Balaban J connectivity index is 2.49. The minimum Gasteiger partial charge on any atom is -0.325 e. The first-order valence-corrected chi connectivity index (χ1v) is 7.14. The van der Waals surface area contributed by atoms with Crippen LogP contribution >= 0.6 is 15.9 Å². The van der Waals surface area contributed by atoms with Gasteiger partial charge in [0.2, 0.25) is 5.91 Å². The number of nitrogens with one attached hydrogen (secondary N) is 1. The maximum atomic E-state index is 11.8. The molecule has 0 fully saturated rings. The van der Waals surface area contributed by atoms with Gasteiger partial charge in [-0.3, -0.25) is 4.79 Å². The standard InChI is InChI=1S/C14H21BrN2O/c1-4-17(5-2)9-8-14(18)16-13-7-6-11(3)10-12(13)15/h6-7,10H,4-5,8-9H2,1-3H3,(H,16,18). The van der Waals surface area contributed by atoms with Crippen LogP contribution in [0.2, 0.25) is 0 Å². The number of carbonyl (C=O) groups is 1. The molecule has 100 valence electrons. The first kappa shape index (κ1) is 15.2. The molecule has 0 atom stereocenters. The summed E-state index contributed by atoms with van der Waals surface area (Å²) < 4.78 is 0.929. The highest BCUT2D eigenvalue weighted by molar-refractivity contribution is 9.10. The van der Waals surface area contributed by atoms with E-state index in [1.54, 1.807) is 0 Å². The number of carbonyl (C=O) groups excluding carboxylic acids is 1. The normalized spacial score (nSPS) is 10.7. The summed E-state index contributed by atoms with van der Waals surface area (Å²) in [6.07, 6.45) is 0.530. The smallest absolute Gasteiger partial charge is 0.225 e. The van der Waals surface area contributed by atoms with Gasteiger partial charge in [-0.15, -0.1) is 0 Å². The van der Waals surface area contributed by atoms with Crippen molar-refractivity contribution in [1.82, 2.24) is 4.90 Å². The van der Waals surface area contributed by atoms with Crippen LogP contribution in [0.4, 0.5) is 5.69 Å². The van der Waals surface area contributed by atoms with Crippen molar-refractivity contribution in [3.05, 3.63) is 28.2 Å². The Morgan fingerprint density at radius 1 is 1.33 bits per heavy atom. The Morgan fingerprint density at radius 2 is 2.00 bits per heavy atom. The number of benzene rings is 1. The number of anilines is 1. The van der Waals surface area contributed by atoms with E-state index in [0.717, 1.165) is 29.8 Å². The molecule has 0 bridgehead atoms. The molecule has 1 rings (SSSR count). The van der Waals surface area contributed by atoms with Crippen LogP contribution in [-0.2, 0) is 4.79 Å². The molecule has 0 spiro atoms. The molecule has 0 aliphatic heterocycles. The van der Waals surface area contributed by atoms with Gasteiger partial charge in [0.1, 0.15) is 0 Å². The molecule has 0 aliphatic carbocycles. The van der Waals surface area contributed by atoms with Crippen molar-refractivity contribution in [3.63, 3.8) is 0 Å². The van der Waals surface area contributed by atoms with Crippen molar-refractivity contribution in [2.75, 3.05) is 25.0 Å². The highest BCUT2D eigenvalue weighted by Gasteiger charge is 2.07. The maximum Gasteiger partial charge on any atom is 0.225 e. The average Bonchev–Trinajstić information content (AvgIpc) is 2.34. The highest BCUT2D eigenvalue weighted by Crippen LogP contribution is 2.23. The Kier molecular flexibility index (Phi) is 6.36. The molecular formula is C14H21BrN2O. The van der Waals surface area contributed by atoms with Gasteiger partial charge in [0.05, 0.1) is 5.69 Å². The molecule has 0 heterocycles. The van der Waals surface area contributed by atoms with Gasteiger partial charge < -0.3 is 10.2 Å². The van der Waals surface area contributed by atoms with Crippen LogP contribution in [0.15, 0.2) is 22.7 Å². The minimum absolute atomic E-state index is 0.0615. The van der Waals surface area contributed by atoms with Crippen LogP contribution in [0.25, 0.3) is 0 Å². The Bertz CT molecular complexity index is 403. The van der Waals surface area contributed by atoms with Gasteiger partial charge in [-0.2, -0.15) is 0 Å². The van der Waals surface area contributed by atoms with Gasteiger partial charge >= 0.3 is 0 Å². The van der Waals surface area contributed by atoms with Crippen LogP contribution in [-0.4, -0.2) is 30.4 Å². The van der Waals surface area contributed by atoms with E-state index in [1.807, 2.05) is 25.1 Å². The van der Waals surface area contributed by atoms with Crippen LogP contribution < -0.4 is 5.32 Å². The molecule has 1 aromatic carbocycles. The number of aryl methyl sites for hydroxylation is 1. The van der Waals surface area contributed by atoms with Gasteiger partial charge in [0.25, 0.3) is 0 Å². The summed E-state index contributed by atoms with van der Waals surface area (Å²) in [5.74, 6) is 0.0615. The molecule has 1 N–H and O–H groups in total. The second-order valence-corrected chi connectivity index (χ2v) is 5.16. The van der Waals surface area contributed by atoms with Crippen LogP contribution in [0.3, 0.4) is 0 Å². The zero-order valence-corrected chi connectivity index (χ0v) is 12.9. The van der Waals surface area contributed by atoms with Crippen LogP contribution in [0, 0.1) is 6.92 Å². The molecule has 0 radical (unpaired) electrons. The Morgan fingerprint density at radius 3 is 2.56 bits per heavy atom. The van der Waals surface area contributed by atoms with Crippen LogP contribution in [0.1, 0.15) is 25.8 Å². The van der Waals surface area contributed by atoms with Crippen molar-refractivity contribution in [3.8, 4) is 0 Å². The number of rotatable bonds is 6. The average molecular weight is 313 g/mol. The lowest BCUT2D eigenvalue weighted by molar-refractivity contribution is -0.116. The lowest BCUT2D eigenvalue weighted by atomic mass is 10.2. The van der Waals surface area contributed by atoms with E-state index >= 15 is 0 Å². The second-order valence-electron chi connectivity index (χ2n) is 4.31. The molecule has 0 unspecified atom stereocenters. The van der Waals surface area contributed by atoms with Crippen molar-refractivity contribution in [2.45, 2.75) is 27.2 Å². The number of nitrogens with zero attached hydrogens (tertiary/aromatic N) is 1. The van der Waals surface area contributed by atoms with Crippen molar-refractivity contribution in [2.24, 2.45) is 0 Å². The molecule has 0 saturated carbocycles. The van der Waals surface area contributed by atoms with Gasteiger partial charge in [-0.25, -0.2) is 0 Å². The fourth-order valence-corrected chi connectivity index (χ4v) is 2.33. The summed E-state index contributed by atoms with van der Waals surface area (Å²) in [5, 5.41) is 2.93. The first-order valence-electron chi connectivity index (χ1n) is 6.35. The van der Waals surface area contributed by atoms with E-state index in [4.69, 9.17) is 0 Å². The summed E-state index contributed by atoms with van der Waals surface area (Å²) >= 11 is 3.46. The lowest BCUT2D eigenvalue weighted by Gasteiger charge is -2.17. The van der Waals surface area contributed by atoms with E-state index < -0.39 is 0 Å². The molecule has 4 heteroatoms. The third kappa shape index (κ3) is 4.78. The number of halogens is 1. The minimum atomic E-state index is 0.0615. The van der Waals surface area contributed by atoms with Gasteiger partial charge in [0.15, 0.2) is 0 Å². The second kappa shape index (κ2) is 7.54. The van der Waals surface area contributed by atoms with Crippen molar-refractivity contribution < 1.29 is 4.79 Å².